The smallest absolute Gasteiger partial charge is 0.325 e. The third-order valence-corrected chi connectivity index (χ3v) is 2.11. The minimum atomic E-state index is -1.22. The Morgan fingerprint density at radius 1 is 1.38 bits per heavy atom. The average Bonchev–Trinajstić information content (AvgIpc) is 2.26. The molecule has 0 aromatic heterocycles. The zero-order valence-corrected chi connectivity index (χ0v) is 8.93. The summed E-state index contributed by atoms with van der Waals surface area (Å²) in [6, 6.07) is 1.43. The monoisotopic (exact) mass is 227 g/mol. The molecule has 6 heteroatoms. The second-order valence-corrected chi connectivity index (χ2v) is 3.09. The number of aliphatic carboxylic acids is 1. The van der Waals surface area contributed by atoms with Crippen LogP contribution in [0.2, 0.25) is 0 Å². The molecule has 0 radical (unpaired) electrons. The van der Waals surface area contributed by atoms with Crippen LogP contribution in [0.25, 0.3) is 0 Å². The summed E-state index contributed by atoms with van der Waals surface area (Å²) < 4.78 is 9.85. The van der Waals surface area contributed by atoms with E-state index >= 15 is 0 Å². The van der Waals surface area contributed by atoms with Gasteiger partial charge in [0.2, 0.25) is 5.75 Å². The molecule has 0 aliphatic rings. The lowest BCUT2D eigenvalue weighted by Crippen LogP contribution is -2.20. The standard InChI is InChI=1S/C10H13NO5/c1-15-7-4-5(8(11)10(13)14)3-6(12)9(7)16-2/h3-4,8,12H,11H2,1-2H3,(H,13,14)/t8-/m1/s1. The Morgan fingerprint density at radius 2 is 2.00 bits per heavy atom. The van der Waals surface area contributed by atoms with Crippen molar-refractivity contribution in [3.05, 3.63) is 17.7 Å². The number of benzene rings is 1. The zero-order valence-electron chi connectivity index (χ0n) is 8.93. The van der Waals surface area contributed by atoms with Gasteiger partial charge in [-0.3, -0.25) is 4.79 Å². The Labute approximate surface area is 92.2 Å². The van der Waals surface area contributed by atoms with Gasteiger partial charge < -0.3 is 25.4 Å². The molecule has 0 saturated carbocycles. The minimum Gasteiger partial charge on any atom is -0.504 e. The Morgan fingerprint density at radius 3 is 2.44 bits per heavy atom. The van der Waals surface area contributed by atoms with Crippen LogP contribution in [0.5, 0.6) is 17.2 Å². The van der Waals surface area contributed by atoms with E-state index in [-0.39, 0.29) is 22.8 Å². The summed E-state index contributed by atoms with van der Waals surface area (Å²) in [5.41, 5.74) is 5.65. The van der Waals surface area contributed by atoms with Gasteiger partial charge in [0, 0.05) is 0 Å². The molecular weight excluding hydrogens is 214 g/mol. The van der Waals surface area contributed by atoms with E-state index in [4.69, 9.17) is 20.3 Å². The Kier molecular flexibility index (Phi) is 3.57. The van der Waals surface area contributed by atoms with Crippen LogP contribution in [0.3, 0.4) is 0 Å². The number of carboxylic acid groups (broad SMARTS) is 1. The van der Waals surface area contributed by atoms with E-state index in [1.807, 2.05) is 0 Å². The predicted octanol–water partition coefficient (Wildman–Crippen LogP) is 0.494. The van der Waals surface area contributed by atoms with Crippen molar-refractivity contribution in [1.29, 1.82) is 0 Å². The van der Waals surface area contributed by atoms with Crippen molar-refractivity contribution < 1.29 is 24.5 Å². The fourth-order valence-corrected chi connectivity index (χ4v) is 1.29. The molecule has 0 saturated heterocycles. The largest absolute Gasteiger partial charge is 0.504 e. The number of nitrogens with two attached hydrogens (primary N) is 1. The third-order valence-electron chi connectivity index (χ3n) is 2.11. The predicted molar refractivity (Wildman–Crippen MR) is 55.8 cm³/mol. The van der Waals surface area contributed by atoms with Gasteiger partial charge >= 0.3 is 5.97 Å². The number of hydrogen-bond donors (Lipinski definition) is 3. The van der Waals surface area contributed by atoms with Crippen LogP contribution in [0.15, 0.2) is 12.1 Å². The Hall–Kier alpha value is -1.95. The Balaban J connectivity index is 3.25. The molecule has 0 heterocycles. The van der Waals surface area contributed by atoms with Crippen LogP contribution < -0.4 is 15.2 Å². The van der Waals surface area contributed by atoms with Crippen LogP contribution in [0.1, 0.15) is 11.6 Å². The molecular formula is C10H13NO5. The second kappa shape index (κ2) is 4.71. The molecule has 0 amide bonds. The minimum absolute atomic E-state index is 0.142. The molecule has 6 nitrogen and oxygen atoms in total. The first-order valence-electron chi connectivity index (χ1n) is 4.44. The van der Waals surface area contributed by atoms with Gasteiger partial charge in [-0.15, -0.1) is 0 Å². The van der Waals surface area contributed by atoms with Crippen LogP contribution >= 0.6 is 0 Å². The Bertz CT molecular complexity index is 404. The molecule has 0 aliphatic heterocycles. The number of ether oxygens (including phenoxy) is 2. The molecule has 16 heavy (non-hydrogen) atoms. The molecule has 0 aliphatic carbocycles. The van der Waals surface area contributed by atoms with Gasteiger partial charge in [0.1, 0.15) is 6.04 Å². The van der Waals surface area contributed by atoms with Crippen LogP contribution in [-0.2, 0) is 4.79 Å². The lowest BCUT2D eigenvalue weighted by molar-refractivity contribution is -0.138. The van der Waals surface area contributed by atoms with Crippen molar-refractivity contribution in [1.82, 2.24) is 0 Å². The van der Waals surface area contributed by atoms with Crippen molar-refractivity contribution in [2.75, 3.05) is 14.2 Å². The van der Waals surface area contributed by atoms with E-state index in [0.717, 1.165) is 0 Å². The number of aromatic hydroxyl groups is 1. The SMILES string of the molecule is COc1cc([C@@H](N)C(=O)O)cc(O)c1OC. The first-order valence-corrected chi connectivity index (χ1v) is 4.44. The maximum atomic E-state index is 10.7. The second-order valence-electron chi connectivity index (χ2n) is 3.09. The highest BCUT2D eigenvalue weighted by molar-refractivity contribution is 5.76. The lowest BCUT2D eigenvalue weighted by atomic mass is 10.1. The van der Waals surface area contributed by atoms with Crippen molar-refractivity contribution >= 4 is 5.97 Å². The normalized spacial score (nSPS) is 11.9. The van der Waals surface area contributed by atoms with Gasteiger partial charge in [-0.25, -0.2) is 0 Å². The number of methoxy groups -OCH3 is 2. The van der Waals surface area contributed by atoms with E-state index in [1.54, 1.807) is 0 Å². The molecule has 0 bridgehead atoms. The summed E-state index contributed by atoms with van der Waals surface area (Å²) in [7, 11) is 2.75. The highest BCUT2D eigenvalue weighted by atomic mass is 16.5. The van der Waals surface area contributed by atoms with Crippen molar-refractivity contribution in [3.8, 4) is 17.2 Å². The fraction of sp³-hybridized carbons (Fsp3) is 0.300. The van der Waals surface area contributed by atoms with E-state index in [2.05, 4.69) is 0 Å². The molecule has 1 aromatic carbocycles. The molecule has 1 aromatic rings. The number of carboxylic acids is 1. The molecule has 1 atom stereocenters. The average molecular weight is 227 g/mol. The fourth-order valence-electron chi connectivity index (χ4n) is 1.29. The summed E-state index contributed by atoms with van der Waals surface area (Å²) in [4.78, 5) is 10.7. The first kappa shape index (κ1) is 12.1. The zero-order chi connectivity index (χ0) is 12.3. The number of phenols is 1. The molecule has 0 unspecified atom stereocenters. The number of rotatable bonds is 4. The molecule has 0 fully saturated rings. The summed E-state index contributed by atoms with van der Waals surface area (Å²) in [5.74, 6) is -1.03. The van der Waals surface area contributed by atoms with Crippen molar-refractivity contribution in [2.24, 2.45) is 5.73 Å². The van der Waals surface area contributed by atoms with Gasteiger partial charge in [0.15, 0.2) is 11.5 Å². The number of phenolic OH excluding ortho intramolecular Hbond substituents is 1. The van der Waals surface area contributed by atoms with Crippen LogP contribution in [-0.4, -0.2) is 30.4 Å². The molecule has 1 rings (SSSR count). The van der Waals surface area contributed by atoms with E-state index in [9.17, 15) is 9.90 Å². The van der Waals surface area contributed by atoms with Crippen molar-refractivity contribution in [2.45, 2.75) is 6.04 Å². The third kappa shape index (κ3) is 2.17. The first-order chi connectivity index (χ1) is 7.51. The molecule has 4 N–H and O–H groups in total. The number of carbonyl (C=O) groups is 1. The quantitative estimate of drug-likeness (QED) is 0.692. The summed E-state index contributed by atoms with van der Waals surface area (Å²) in [6.45, 7) is 0. The van der Waals surface area contributed by atoms with E-state index in [1.165, 1.54) is 26.4 Å². The van der Waals surface area contributed by atoms with Gasteiger partial charge in [0.05, 0.1) is 14.2 Å². The summed E-state index contributed by atoms with van der Waals surface area (Å²) in [5, 5.41) is 18.3. The highest BCUT2D eigenvalue weighted by Crippen LogP contribution is 2.38. The number of hydrogen-bond acceptors (Lipinski definition) is 5. The summed E-state index contributed by atoms with van der Waals surface area (Å²) in [6.07, 6.45) is 0. The van der Waals surface area contributed by atoms with E-state index < -0.39 is 12.0 Å². The topological polar surface area (TPSA) is 102 Å². The maximum Gasteiger partial charge on any atom is 0.325 e. The maximum absolute atomic E-state index is 10.7. The lowest BCUT2D eigenvalue weighted by Gasteiger charge is -2.13. The van der Waals surface area contributed by atoms with Gasteiger partial charge in [-0.1, -0.05) is 0 Å². The highest BCUT2D eigenvalue weighted by Gasteiger charge is 2.19. The van der Waals surface area contributed by atoms with Gasteiger partial charge in [0.25, 0.3) is 0 Å². The van der Waals surface area contributed by atoms with Gasteiger partial charge in [-0.05, 0) is 17.7 Å². The summed E-state index contributed by atoms with van der Waals surface area (Å²) >= 11 is 0. The molecule has 0 spiro atoms. The van der Waals surface area contributed by atoms with E-state index in [0.29, 0.717) is 0 Å². The van der Waals surface area contributed by atoms with Crippen molar-refractivity contribution in [3.63, 3.8) is 0 Å². The van der Waals surface area contributed by atoms with Gasteiger partial charge in [-0.2, -0.15) is 0 Å². The van der Waals surface area contributed by atoms with Crippen LogP contribution in [0, 0.1) is 0 Å². The molecule has 88 valence electrons. The van der Waals surface area contributed by atoms with Crippen LogP contribution in [0.4, 0.5) is 0 Å².